The van der Waals surface area contributed by atoms with Crippen LogP contribution in [0.5, 0.6) is 0 Å². The maximum Gasteiger partial charge on any atom is 0.321 e. The highest BCUT2D eigenvalue weighted by Gasteiger charge is 2.31. The smallest absolute Gasteiger partial charge is 0.321 e. The summed E-state index contributed by atoms with van der Waals surface area (Å²) in [6.45, 7) is 1.08. The van der Waals surface area contributed by atoms with Crippen LogP contribution in [-0.4, -0.2) is 36.0 Å². The van der Waals surface area contributed by atoms with E-state index in [4.69, 9.17) is 0 Å². The molecule has 1 saturated carbocycles. The number of nitrogens with zero attached hydrogens (tertiary/aromatic N) is 1. The third-order valence-electron chi connectivity index (χ3n) is 4.10. The number of urea groups is 1. The third-order valence-corrected chi connectivity index (χ3v) is 4.10. The average molecular weight is 305 g/mol. The first kappa shape index (κ1) is 14.8. The van der Waals surface area contributed by atoms with E-state index in [2.05, 4.69) is 10.6 Å². The summed E-state index contributed by atoms with van der Waals surface area (Å²) in [5, 5.41) is 5.74. The molecule has 0 unspecified atom stereocenters. The van der Waals surface area contributed by atoms with Gasteiger partial charge in [0.15, 0.2) is 0 Å². The van der Waals surface area contributed by atoms with Crippen molar-refractivity contribution in [1.29, 1.82) is 0 Å². The average Bonchev–Trinajstić information content (AvgIpc) is 3.33. The Balaban J connectivity index is 1.55. The van der Waals surface area contributed by atoms with E-state index in [1.54, 1.807) is 4.90 Å². The largest absolute Gasteiger partial charge is 0.353 e. The zero-order valence-electron chi connectivity index (χ0n) is 12.3. The van der Waals surface area contributed by atoms with Crippen molar-refractivity contribution in [3.63, 3.8) is 0 Å². The second-order valence-electron chi connectivity index (χ2n) is 6.01. The van der Waals surface area contributed by atoms with E-state index in [0.29, 0.717) is 24.8 Å². The maximum absolute atomic E-state index is 12.9. The van der Waals surface area contributed by atoms with Crippen LogP contribution in [0.4, 0.5) is 14.9 Å². The van der Waals surface area contributed by atoms with Crippen LogP contribution in [0.1, 0.15) is 25.7 Å². The standard InChI is InChI=1S/C16H20FN3O2/c17-12-3-5-14(6-4-12)19-16(22)20-9-1-2-11(10-20)15(21)18-13-7-8-13/h3-6,11,13H,1-2,7-10H2,(H,18,21)(H,19,22)/t11-/m0/s1. The van der Waals surface area contributed by atoms with E-state index in [1.165, 1.54) is 24.3 Å². The molecule has 5 nitrogen and oxygen atoms in total. The van der Waals surface area contributed by atoms with Crippen LogP contribution in [0.15, 0.2) is 24.3 Å². The van der Waals surface area contributed by atoms with Gasteiger partial charge >= 0.3 is 6.03 Å². The van der Waals surface area contributed by atoms with Crippen LogP contribution in [0.25, 0.3) is 0 Å². The fraction of sp³-hybridized carbons (Fsp3) is 0.500. The molecule has 1 aliphatic heterocycles. The summed E-state index contributed by atoms with van der Waals surface area (Å²) in [7, 11) is 0. The molecular weight excluding hydrogens is 285 g/mol. The zero-order valence-corrected chi connectivity index (χ0v) is 12.3. The lowest BCUT2D eigenvalue weighted by atomic mass is 9.97. The first-order valence-electron chi connectivity index (χ1n) is 7.74. The number of amides is 3. The molecule has 0 aromatic heterocycles. The molecular formula is C16H20FN3O2. The summed E-state index contributed by atoms with van der Waals surface area (Å²) < 4.78 is 12.9. The van der Waals surface area contributed by atoms with E-state index in [1.807, 2.05) is 0 Å². The Bertz CT molecular complexity index is 557. The van der Waals surface area contributed by atoms with Gasteiger partial charge in [-0.15, -0.1) is 0 Å². The predicted octanol–water partition coefficient (Wildman–Crippen LogP) is 2.35. The lowest BCUT2D eigenvalue weighted by molar-refractivity contribution is -0.126. The second kappa shape index (κ2) is 6.34. The molecule has 1 atom stereocenters. The van der Waals surface area contributed by atoms with Crippen molar-refractivity contribution in [2.45, 2.75) is 31.7 Å². The van der Waals surface area contributed by atoms with Crippen molar-refractivity contribution < 1.29 is 14.0 Å². The number of halogens is 1. The molecule has 2 fully saturated rings. The van der Waals surface area contributed by atoms with Crippen molar-refractivity contribution in [1.82, 2.24) is 10.2 Å². The van der Waals surface area contributed by atoms with Crippen LogP contribution in [0.3, 0.4) is 0 Å². The molecule has 0 bridgehead atoms. The second-order valence-corrected chi connectivity index (χ2v) is 6.01. The molecule has 2 N–H and O–H groups in total. The molecule has 1 aliphatic carbocycles. The van der Waals surface area contributed by atoms with Crippen molar-refractivity contribution >= 4 is 17.6 Å². The highest BCUT2D eigenvalue weighted by molar-refractivity contribution is 5.90. The first-order valence-corrected chi connectivity index (χ1v) is 7.74. The summed E-state index contributed by atoms with van der Waals surface area (Å²) in [6, 6.07) is 5.75. The van der Waals surface area contributed by atoms with Crippen LogP contribution in [0, 0.1) is 11.7 Å². The lowest BCUT2D eigenvalue weighted by Gasteiger charge is -2.32. The molecule has 22 heavy (non-hydrogen) atoms. The van der Waals surface area contributed by atoms with Gasteiger partial charge in [-0.3, -0.25) is 4.79 Å². The minimum atomic E-state index is -0.340. The van der Waals surface area contributed by atoms with Crippen LogP contribution in [0.2, 0.25) is 0 Å². The number of carbonyl (C=O) groups is 2. The lowest BCUT2D eigenvalue weighted by Crippen LogP contribution is -2.47. The number of piperidine rings is 1. The first-order chi connectivity index (χ1) is 10.6. The molecule has 6 heteroatoms. The van der Waals surface area contributed by atoms with Gasteiger partial charge in [0.05, 0.1) is 5.92 Å². The molecule has 1 heterocycles. The number of likely N-dealkylation sites (tertiary alicyclic amines) is 1. The predicted molar refractivity (Wildman–Crippen MR) is 80.9 cm³/mol. The third kappa shape index (κ3) is 3.75. The van der Waals surface area contributed by atoms with E-state index in [9.17, 15) is 14.0 Å². The van der Waals surface area contributed by atoms with Gasteiger partial charge in [0, 0.05) is 24.8 Å². The molecule has 1 aromatic rings. The van der Waals surface area contributed by atoms with Gasteiger partial charge in [-0.05, 0) is 49.9 Å². The van der Waals surface area contributed by atoms with Crippen LogP contribution in [-0.2, 0) is 4.79 Å². The summed E-state index contributed by atoms with van der Waals surface area (Å²) in [5.41, 5.74) is 0.552. The Morgan fingerprint density at radius 3 is 2.55 bits per heavy atom. The fourth-order valence-corrected chi connectivity index (χ4v) is 2.66. The zero-order chi connectivity index (χ0) is 15.5. The number of anilines is 1. The monoisotopic (exact) mass is 305 g/mol. The Morgan fingerprint density at radius 2 is 1.86 bits per heavy atom. The SMILES string of the molecule is O=C(NC1CC1)[C@H]1CCCN(C(=O)Nc2ccc(F)cc2)C1. The van der Waals surface area contributed by atoms with E-state index in [0.717, 1.165) is 25.7 Å². The molecule has 2 aliphatic rings. The Kier molecular flexibility index (Phi) is 4.27. The van der Waals surface area contributed by atoms with Gasteiger partial charge in [0.25, 0.3) is 0 Å². The fourth-order valence-electron chi connectivity index (χ4n) is 2.66. The molecule has 118 valence electrons. The molecule has 0 spiro atoms. The molecule has 0 radical (unpaired) electrons. The summed E-state index contributed by atoms with van der Waals surface area (Å²) in [5.74, 6) is -0.414. The highest BCUT2D eigenvalue weighted by atomic mass is 19.1. The normalized spacial score (nSPS) is 21.3. The van der Waals surface area contributed by atoms with Gasteiger partial charge < -0.3 is 15.5 Å². The topological polar surface area (TPSA) is 61.4 Å². The van der Waals surface area contributed by atoms with Crippen LogP contribution < -0.4 is 10.6 Å². The van der Waals surface area contributed by atoms with Crippen molar-refractivity contribution in [3.05, 3.63) is 30.1 Å². The van der Waals surface area contributed by atoms with Crippen molar-refractivity contribution in [3.8, 4) is 0 Å². The van der Waals surface area contributed by atoms with Gasteiger partial charge in [-0.1, -0.05) is 0 Å². The maximum atomic E-state index is 12.9. The van der Waals surface area contributed by atoms with Crippen molar-refractivity contribution in [2.24, 2.45) is 5.92 Å². The van der Waals surface area contributed by atoms with Gasteiger partial charge in [-0.2, -0.15) is 0 Å². The minimum absolute atomic E-state index is 0.0572. The summed E-state index contributed by atoms with van der Waals surface area (Å²) in [4.78, 5) is 26.0. The number of hydrogen-bond donors (Lipinski definition) is 2. The van der Waals surface area contributed by atoms with Crippen molar-refractivity contribution in [2.75, 3.05) is 18.4 Å². The number of benzene rings is 1. The van der Waals surface area contributed by atoms with E-state index < -0.39 is 0 Å². The Morgan fingerprint density at radius 1 is 1.14 bits per heavy atom. The minimum Gasteiger partial charge on any atom is -0.353 e. The quantitative estimate of drug-likeness (QED) is 0.900. The number of carbonyl (C=O) groups excluding carboxylic acids is 2. The number of hydrogen-bond acceptors (Lipinski definition) is 2. The van der Waals surface area contributed by atoms with Gasteiger partial charge in [0.1, 0.15) is 5.82 Å². The summed E-state index contributed by atoms with van der Waals surface area (Å²) in [6.07, 6.45) is 3.76. The molecule has 1 saturated heterocycles. The Hall–Kier alpha value is -2.11. The molecule has 1 aromatic carbocycles. The number of rotatable bonds is 3. The van der Waals surface area contributed by atoms with Gasteiger partial charge in [0.2, 0.25) is 5.91 Å². The Labute approximate surface area is 128 Å². The molecule has 3 rings (SSSR count). The van der Waals surface area contributed by atoms with Crippen LogP contribution >= 0.6 is 0 Å². The molecule has 3 amide bonds. The van der Waals surface area contributed by atoms with Gasteiger partial charge in [-0.25, -0.2) is 9.18 Å². The number of nitrogens with one attached hydrogen (secondary N) is 2. The van der Waals surface area contributed by atoms with E-state index in [-0.39, 0.29) is 23.7 Å². The van der Waals surface area contributed by atoms with E-state index >= 15 is 0 Å². The summed E-state index contributed by atoms with van der Waals surface area (Å²) >= 11 is 0. The highest BCUT2D eigenvalue weighted by Crippen LogP contribution is 2.22.